The number of hydrogen-bond donors (Lipinski definition) is 1. The fourth-order valence-corrected chi connectivity index (χ4v) is 5.65. The molecule has 1 saturated heterocycles. The summed E-state index contributed by atoms with van der Waals surface area (Å²) in [4.78, 5) is 25.8. The van der Waals surface area contributed by atoms with E-state index in [-0.39, 0.29) is 5.91 Å². The highest BCUT2D eigenvalue weighted by atomic mass is 16.5. The Labute approximate surface area is 244 Å². The normalized spacial score (nSPS) is 15.7. The van der Waals surface area contributed by atoms with Gasteiger partial charge in [0.15, 0.2) is 11.5 Å². The van der Waals surface area contributed by atoms with Crippen molar-refractivity contribution in [1.29, 1.82) is 0 Å². The maximum atomic E-state index is 13.0. The average Bonchev–Trinajstić information content (AvgIpc) is 3.55. The fourth-order valence-electron chi connectivity index (χ4n) is 5.65. The third-order valence-electron chi connectivity index (χ3n) is 7.67. The second kappa shape index (κ2) is 11.6. The van der Waals surface area contributed by atoms with Crippen LogP contribution in [-0.4, -0.2) is 78.6 Å². The molecule has 11 heteroatoms. The van der Waals surface area contributed by atoms with Crippen molar-refractivity contribution in [2.45, 2.75) is 32.1 Å². The SMILES string of the molecule is C=C(CN(C)C)C(=O)N1CCC[C@H](c2ccn3ncnc(Nc4ccc(Oc5ccn6ncnc6c5)c(C)c4)c23)CC1. The van der Waals surface area contributed by atoms with E-state index in [1.807, 2.05) is 78.1 Å². The number of rotatable bonds is 8. The molecule has 11 nitrogen and oxygen atoms in total. The van der Waals surface area contributed by atoms with Crippen molar-refractivity contribution in [1.82, 2.24) is 39.0 Å². The van der Waals surface area contributed by atoms with Crippen LogP contribution < -0.4 is 10.1 Å². The molecule has 6 rings (SSSR count). The van der Waals surface area contributed by atoms with Crippen molar-refractivity contribution in [3.63, 3.8) is 0 Å². The molecule has 4 aromatic heterocycles. The van der Waals surface area contributed by atoms with Gasteiger partial charge in [0.25, 0.3) is 0 Å². The Balaban J connectivity index is 1.19. The molecule has 42 heavy (non-hydrogen) atoms. The van der Waals surface area contributed by atoms with E-state index in [1.165, 1.54) is 11.9 Å². The number of carbonyl (C=O) groups is 1. The van der Waals surface area contributed by atoms with Crippen LogP contribution in [0.3, 0.4) is 0 Å². The number of amides is 1. The summed E-state index contributed by atoms with van der Waals surface area (Å²) in [5.74, 6) is 2.54. The van der Waals surface area contributed by atoms with E-state index in [2.05, 4.69) is 38.1 Å². The lowest BCUT2D eigenvalue weighted by atomic mass is 9.93. The second-order valence-electron chi connectivity index (χ2n) is 11.1. The highest BCUT2D eigenvalue weighted by Gasteiger charge is 2.26. The van der Waals surface area contributed by atoms with Gasteiger partial charge in [0.1, 0.15) is 29.7 Å². The molecule has 0 unspecified atom stereocenters. The molecule has 0 radical (unpaired) electrons. The zero-order valence-corrected chi connectivity index (χ0v) is 24.2. The molecule has 1 atom stereocenters. The Kier molecular flexibility index (Phi) is 7.58. The van der Waals surface area contributed by atoms with Crippen molar-refractivity contribution in [2.24, 2.45) is 0 Å². The third kappa shape index (κ3) is 5.68. The maximum absolute atomic E-state index is 13.0. The third-order valence-corrected chi connectivity index (χ3v) is 7.67. The number of ether oxygens (including phenoxy) is 1. The zero-order valence-electron chi connectivity index (χ0n) is 24.2. The van der Waals surface area contributed by atoms with Gasteiger partial charge in [0.2, 0.25) is 5.91 Å². The number of pyridine rings is 1. The number of aryl methyl sites for hydroxylation is 1. The smallest absolute Gasteiger partial charge is 0.250 e. The first-order valence-electron chi connectivity index (χ1n) is 14.1. The number of likely N-dealkylation sites (N-methyl/N-ethyl adjacent to an activating group) is 1. The summed E-state index contributed by atoms with van der Waals surface area (Å²) < 4.78 is 9.72. The van der Waals surface area contributed by atoms with Gasteiger partial charge in [-0.2, -0.15) is 10.2 Å². The summed E-state index contributed by atoms with van der Waals surface area (Å²) in [6, 6.07) is 11.8. The standard InChI is InChI=1S/C31H35N9O2/c1-21-16-24(7-8-27(21)42-25-10-14-39-28(17-25)32-19-34-39)36-30-29-26(11-15-40(29)35-20-33-30)23-6-5-12-38(13-9-23)31(41)22(2)18-37(3)4/h7-8,10-11,14-17,19-20,23H,2,5-6,9,12-13,18H2,1,3-4H3,(H,33,35,36)/t23-/m0/s1. The average molecular weight is 566 g/mol. The zero-order chi connectivity index (χ0) is 29.2. The van der Waals surface area contributed by atoms with Crippen LogP contribution in [0, 0.1) is 6.92 Å². The van der Waals surface area contributed by atoms with E-state index in [1.54, 1.807) is 10.8 Å². The van der Waals surface area contributed by atoms with Crippen molar-refractivity contribution >= 4 is 28.6 Å². The Morgan fingerprint density at radius 3 is 2.69 bits per heavy atom. The molecule has 1 aliphatic heterocycles. The van der Waals surface area contributed by atoms with E-state index in [0.717, 1.165) is 59.8 Å². The van der Waals surface area contributed by atoms with Crippen LogP contribution >= 0.6 is 0 Å². The second-order valence-corrected chi connectivity index (χ2v) is 11.1. The summed E-state index contributed by atoms with van der Waals surface area (Å²) in [6.45, 7) is 8.06. The molecule has 1 aromatic carbocycles. The predicted octanol–water partition coefficient (Wildman–Crippen LogP) is 4.83. The van der Waals surface area contributed by atoms with Gasteiger partial charge in [-0.3, -0.25) is 4.79 Å². The number of anilines is 2. The summed E-state index contributed by atoms with van der Waals surface area (Å²) in [6.07, 6.45) is 9.69. The number of hydrogen-bond acceptors (Lipinski definition) is 8. The van der Waals surface area contributed by atoms with Gasteiger partial charge in [-0.05, 0) is 87.7 Å². The summed E-state index contributed by atoms with van der Waals surface area (Å²) in [5, 5.41) is 12.1. The topological polar surface area (TPSA) is 105 Å². The van der Waals surface area contributed by atoms with Gasteiger partial charge in [-0.25, -0.2) is 19.0 Å². The van der Waals surface area contributed by atoms with Crippen LogP contribution in [0.5, 0.6) is 11.5 Å². The first-order chi connectivity index (χ1) is 20.4. The molecule has 1 fully saturated rings. The predicted molar refractivity (Wildman–Crippen MR) is 161 cm³/mol. The Morgan fingerprint density at radius 2 is 1.86 bits per heavy atom. The number of nitrogens with one attached hydrogen (secondary N) is 1. The molecule has 5 heterocycles. The van der Waals surface area contributed by atoms with E-state index < -0.39 is 0 Å². The van der Waals surface area contributed by atoms with Crippen molar-refractivity contribution in [2.75, 3.05) is 39.0 Å². The first kappa shape index (κ1) is 27.4. The Hall–Kier alpha value is -4.77. The van der Waals surface area contributed by atoms with Crippen LogP contribution in [0.2, 0.25) is 0 Å². The van der Waals surface area contributed by atoms with Crippen LogP contribution in [0.15, 0.2) is 73.6 Å². The lowest BCUT2D eigenvalue weighted by Crippen LogP contribution is -2.35. The number of likely N-dealkylation sites (tertiary alicyclic amines) is 1. The van der Waals surface area contributed by atoms with Crippen LogP contribution in [-0.2, 0) is 4.79 Å². The van der Waals surface area contributed by atoms with Crippen molar-refractivity contribution < 1.29 is 9.53 Å². The molecule has 0 saturated carbocycles. The van der Waals surface area contributed by atoms with E-state index >= 15 is 0 Å². The van der Waals surface area contributed by atoms with E-state index in [4.69, 9.17) is 4.74 Å². The maximum Gasteiger partial charge on any atom is 0.250 e. The lowest BCUT2D eigenvalue weighted by Gasteiger charge is -2.23. The highest BCUT2D eigenvalue weighted by Crippen LogP contribution is 2.35. The minimum absolute atomic E-state index is 0.0543. The number of nitrogens with zero attached hydrogens (tertiary/aromatic N) is 8. The molecule has 0 spiro atoms. The van der Waals surface area contributed by atoms with Gasteiger partial charge in [0.05, 0.1) is 0 Å². The van der Waals surface area contributed by atoms with Gasteiger partial charge in [0, 0.05) is 49.4 Å². The van der Waals surface area contributed by atoms with Crippen LogP contribution in [0.1, 0.15) is 36.3 Å². The van der Waals surface area contributed by atoms with Crippen molar-refractivity contribution in [3.05, 3.63) is 84.7 Å². The van der Waals surface area contributed by atoms with Gasteiger partial charge in [-0.1, -0.05) is 6.58 Å². The Bertz CT molecular complexity index is 1760. The molecular formula is C31H35N9O2. The lowest BCUT2D eigenvalue weighted by molar-refractivity contribution is -0.127. The number of benzene rings is 1. The van der Waals surface area contributed by atoms with Crippen molar-refractivity contribution in [3.8, 4) is 11.5 Å². The van der Waals surface area contributed by atoms with Gasteiger partial charge >= 0.3 is 0 Å². The van der Waals surface area contributed by atoms with Gasteiger partial charge in [-0.15, -0.1) is 0 Å². The number of aromatic nitrogens is 6. The first-order valence-corrected chi connectivity index (χ1v) is 14.1. The molecular weight excluding hydrogens is 530 g/mol. The molecule has 1 aliphatic rings. The van der Waals surface area contributed by atoms with Crippen LogP contribution in [0.25, 0.3) is 11.2 Å². The van der Waals surface area contributed by atoms with Crippen LogP contribution in [0.4, 0.5) is 11.5 Å². The monoisotopic (exact) mass is 565 g/mol. The fraction of sp³-hybridized carbons (Fsp3) is 0.323. The number of fused-ring (bicyclic) bond motifs is 2. The minimum Gasteiger partial charge on any atom is -0.457 e. The molecule has 1 amide bonds. The summed E-state index contributed by atoms with van der Waals surface area (Å²) in [7, 11) is 3.90. The number of carbonyl (C=O) groups excluding carboxylic acids is 1. The van der Waals surface area contributed by atoms with Gasteiger partial charge < -0.3 is 19.9 Å². The summed E-state index contributed by atoms with van der Waals surface area (Å²) >= 11 is 0. The van der Waals surface area contributed by atoms with E-state index in [0.29, 0.717) is 30.3 Å². The van der Waals surface area contributed by atoms with E-state index in [9.17, 15) is 4.79 Å². The highest BCUT2D eigenvalue weighted by molar-refractivity contribution is 5.93. The Morgan fingerprint density at radius 1 is 1.05 bits per heavy atom. The molecule has 5 aromatic rings. The minimum atomic E-state index is 0.0543. The quantitative estimate of drug-likeness (QED) is 0.267. The molecule has 1 N–H and O–H groups in total. The summed E-state index contributed by atoms with van der Waals surface area (Å²) in [5.41, 5.74) is 5.39. The molecule has 0 bridgehead atoms. The molecule has 216 valence electrons. The largest absolute Gasteiger partial charge is 0.457 e. The molecule has 0 aliphatic carbocycles.